The molecule has 0 aliphatic heterocycles. The number of aromatic nitrogens is 2. The lowest BCUT2D eigenvalue weighted by Crippen LogP contribution is -2.38. The van der Waals surface area contributed by atoms with Crippen LogP contribution in [0.1, 0.15) is 25.0 Å². The standard InChI is InChI=1S/C18H24ClN5O.HI/c1-3-20-18(22-10-7-14-5-6-16(19)23-12-14)24-13-15-8-9-21-17(11-15)25-4-2;/h5-6,8-9,11-12H,3-4,7,10,13H2,1-2H3,(H2,20,22,24);1H. The molecule has 26 heavy (non-hydrogen) atoms. The molecule has 0 unspecified atom stereocenters. The Labute approximate surface area is 176 Å². The lowest BCUT2D eigenvalue weighted by molar-refractivity contribution is 0.326. The maximum atomic E-state index is 5.80. The molecule has 0 saturated carbocycles. The highest BCUT2D eigenvalue weighted by atomic mass is 127. The number of hydrogen-bond donors (Lipinski definition) is 2. The fraction of sp³-hybridized carbons (Fsp3) is 0.389. The molecule has 2 aromatic rings. The van der Waals surface area contributed by atoms with Gasteiger partial charge in [-0.05, 0) is 43.5 Å². The van der Waals surface area contributed by atoms with Crippen LogP contribution in [0, 0.1) is 0 Å². The van der Waals surface area contributed by atoms with Crippen LogP contribution in [0.2, 0.25) is 5.15 Å². The molecule has 8 heteroatoms. The van der Waals surface area contributed by atoms with Crippen LogP contribution in [0.3, 0.4) is 0 Å². The Bertz CT molecular complexity index is 682. The Morgan fingerprint density at radius 1 is 1.15 bits per heavy atom. The zero-order valence-corrected chi connectivity index (χ0v) is 18.1. The first kappa shape index (κ1) is 22.4. The average Bonchev–Trinajstić information content (AvgIpc) is 2.62. The quantitative estimate of drug-likeness (QED) is 0.257. The van der Waals surface area contributed by atoms with E-state index in [1.165, 1.54) is 0 Å². The average molecular weight is 490 g/mol. The van der Waals surface area contributed by atoms with E-state index in [1.807, 2.05) is 32.0 Å². The molecule has 0 fully saturated rings. The number of ether oxygens (including phenoxy) is 1. The minimum absolute atomic E-state index is 0. The Morgan fingerprint density at radius 2 is 2.00 bits per heavy atom. The summed E-state index contributed by atoms with van der Waals surface area (Å²) in [4.78, 5) is 12.9. The van der Waals surface area contributed by atoms with Crippen molar-refractivity contribution in [3.05, 3.63) is 52.9 Å². The highest BCUT2D eigenvalue weighted by molar-refractivity contribution is 14.0. The number of guanidine groups is 1. The second kappa shape index (κ2) is 12.7. The van der Waals surface area contributed by atoms with E-state index in [0.717, 1.165) is 36.6 Å². The molecule has 0 spiro atoms. The molecule has 2 aromatic heterocycles. The first-order valence-electron chi connectivity index (χ1n) is 8.41. The predicted molar refractivity (Wildman–Crippen MR) is 117 cm³/mol. The molecule has 0 aliphatic carbocycles. The van der Waals surface area contributed by atoms with Crippen LogP contribution in [0.25, 0.3) is 0 Å². The topological polar surface area (TPSA) is 71.4 Å². The van der Waals surface area contributed by atoms with Gasteiger partial charge in [-0.2, -0.15) is 0 Å². The molecule has 0 radical (unpaired) electrons. The molecule has 0 aromatic carbocycles. The summed E-state index contributed by atoms with van der Waals surface area (Å²) in [6.07, 6.45) is 4.38. The SMILES string of the molecule is CCNC(=NCc1ccnc(OCC)c1)NCCc1ccc(Cl)nc1.I. The smallest absolute Gasteiger partial charge is 0.213 e. The first-order chi connectivity index (χ1) is 12.2. The summed E-state index contributed by atoms with van der Waals surface area (Å²) in [5.74, 6) is 1.41. The first-order valence-corrected chi connectivity index (χ1v) is 8.79. The number of aliphatic imine (C=N–C) groups is 1. The molecule has 2 N–H and O–H groups in total. The summed E-state index contributed by atoms with van der Waals surface area (Å²) in [6.45, 7) is 6.70. The van der Waals surface area contributed by atoms with Crippen molar-refractivity contribution in [3.63, 3.8) is 0 Å². The van der Waals surface area contributed by atoms with E-state index in [0.29, 0.717) is 24.2 Å². The largest absolute Gasteiger partial charge is 0.478 e. The third kappa shape index (κ3) is 8.18. The summed E-state index contributed by atoms with van der Waals surface area (Å²) in [7, 11) is 0. The van der Waals surface area contributed by atoms with E-state index in [2.05, 4.69) is 25.6 Å². The molecule has 2 heterocycles. The highest BCUT2D eigenvalue weighted by Gasteiger charge is 2.01. The predicted octanol–water partition coefficient (Wildman–Crippen LogP) is 3.44. The Kier molecular flexibility index (Phi) is 11.0. The number of nitrogens with one attached hydrogen (secondary N) is 2. The molecule has 0 amide bonds. The Balaban J connectivity index is 0.00000338. The minimum Gasteiger partial charge on any atom is -0.478 e. The summed E-state index contributed by atoms with van der Waals surface area (Å²) in [6, 6.07) is 7.63. The molecular weight excluding hydrogens is 465 g/mol. The van der Waals surface area contributed by atoms with Gasteiger partial charge in [-0.3, -0.25) is 0 Å². The van der Waals surface area contributed by atoms with Crippen molar-refractivity contribution in [2.24, 2.45) is 4.99 Å². The third-order valence-corrected chi connectivity index (χ3v) is 3.57. The molecule has 0 saturated heterocycles. The number of nitrogens with zero attached hydrogens (tertiary/aromatic N) is 3. The molecule has 0 bridgehead atoms. The van der Waals surface area contributed by atoms with E-state index >= 15 is 0 Å². The second-order valence-electron chi connectivity index (χ2n) is 5.30. The van der Waals surface area contributed by atoms with E-state index in [4.69, 9.17) is 16.3 Å². The van der Waals surface area contributed by atoms with Gasteiger partial charge in [0.2, 0.25) is 5.88 Å². The van der Waals surface area contributed by atoms with Gasteiger partial charge in [0.25, 0.3) is 0 Å². The molecule has 2 rings (SSSR count). The zero-order chi connectivity index (χ0) is 17.9. The number of pyridine rings is 2. The maximum absolute atomic E-state index is 5.80. The lowest BCUT2D eigenvalue weighted by Gasteiger charge is -2.11. The van der Waals surface area contributed by atoms with Gasteiger partial charge in [0.15, 0.2) is 5.96 Å². The van der Waals surface area contributed by atoms with Crippen molar-refractivity contribution in [2.45, 2.75) is 26.8 Å². The van der Waals surface area contributed by atoms with Gasteiger partial charge in [-0.25, -0.2) is 15.0 Å². The fourth-order valence-corrected chi connectivity index (χ4v) is 2.28. The van der Waals surface area contributed by atoms with Gasteiger partial charge in [-0.15, -0.1) is 24.0 Å². The maximum Gasteiger partial charge on any atom is 0.213 e. The van der Waals surface area contributed by atoms with Crippen LogP contribution >= 0.6 is 35.6 Å². The van der Waals surface area contributed by atoms with Gasteiger partial charge in [0, 0.05) is 31.5 Å². The van der Waals surface area contributed by atoms with Crippen LogP contribution in [-0.4, -0.2) is 35.6 Å². The zero-order valence-electron chi connectivity index (χ0n) is 15.0. The van der Waals surface area contributed by atoms with Gasteiger partial charge < -0.3 is 15.4 Å². The number of hydrogen-bond acceptors (Lipinski definition) is 4. The van der Waals surface area contributed by atoms with Gasteiger partial charge >= 0.3 is 0 Å². The number of rotatable bonds is 8. The van der Waals surface area contributed by atoms with E-state index in [-0.39, 0.29) is 24.0 Å². The van der Waals surface area contributed by atoms with Gasteiger partial charge in [0.1, 0.15) is 5.15 Å². The van der Waals surface area contributed by atoms with Crippen LogP contribution in [0.15, 0.2) is 41.7 Å². The molecule has 0 atom stereocenters. The highest BCUT2D eigenvalue weighted by Crippen LogP contribution is 2.10. The van der Waals surface area contributed by atoms with Gasteiger partial charge in [-0.1, -0.05) is 17.7 Å². The van der Waals surface area contributed by atoms with E-state index in [1.54, 1.807) is 18.5 Å². The lowest BCUT2D eigenvalue weighted by atomic mass is 10.2. The normalized spacial score (nSPS) is 10.8. The summed E-state index contributed by atoms with van der Waals surface area (Å²) in [5.41, 5.74) is 2.18. The van der Waals surface area contributed by atoms with Gasteiger partial charge in [0.05, 0.1) is 13.2 Å². The number of halogens is 2. The summed E-state index contributed by atoms with van der Waals surface area (Å²) < 4.78 is 5.42. The van der Waals surface area contributed by atoms with Crippen molar-refractivity contribution >= 4 is 41.5 Å². The minimum atomic E-state index is 0. The van der Waals surface area contributed by atoms with Crippen LogP contribution in [0.5, 0.6) is 5.88 Å². The van der Waals surface area contributed by atoms with Crippen molar-refractivity contribution in [3.8, 4) is 5.88 Å². The van der Waals surface area contributed by atoms with Crippen LogP contribution in [0.4, 0.5) is 0 Å². The van der Waals surface area contributed by atoms with E-state index in [9.17, 15) is 0 Å². The summed E-state index contributed by atoms with van der Waals surface area (Å²) in [5, 5.41) is 7.08. The summed E-state index contributed by atoms with van der Waals surface area (Å²) >= 11 is 5.80. The monoisotopic (exact) mass is 489 g/mol. The van der Waals surface area contributed by atoms with E-state index < -0.39 is 0 Å². The van der Waals surface area contributed by atoms with Crippen molar-refractivity contribution in [2.75, 3.05) is 19.7 Å². The Morgan fingerprint density at radius 3 is 2.69 bits per heavy atom. The Hall–Kier alpha value is -1.61. The molecular formula is C18H25ClIN5O. The molecule has 0 aliphatic rings. The van der Waals surface area contributed by atoms with Crippen LogP contribution < -0.4 is 15.4 Å². The molecule has 6 nitrogen and oxygen atoms in total. The van der Waals surface area contributed by atoms with Crippen molar-refractivity contribution < 1.29 is 4.74 Å². The van der Waals surface area contributed by atoms with Crippen molar-refractivity contribution in [1.29, 1.82) is 0 Å². The molecule has 142 valence electrons. The second-order valence-corrected chi connectivity index (χ2v) is 5.68. The van der Waals surface area contributed by atoms with Crippen LogP contribution in [-0.2, 0) is 13.0 Å². The third-order valence-electron chi connectivity index (χ3n) is 3.35. The fourth-order valence-electron chi connectivity index (χ4n) is 2.17. The van der Waals surface area contributed by atoms with Crippen molar-refractivity contribution in [1.82, 2.24) is 20.6 Å².